The number of aliphatic hydroxyl groups is 1. The fraction of sp³-hybridized carbons (Fsp3) is 0.364. The summed E-state index contributed by atoms with van der Waals surface area (Å²) in [6.07, 6.45) is -0.444. The lowest BCUT2D eigenvalue weighted by Gasteiger charge is -2.11. The number of benzene rings is 2. The number of hydrogen-bond acceptors (Lipinski definition) is 7. The highest BCUT2D eigenvalue weighted by Crippen LogP contribution is 2.26. The standard InChI is InChI=1S/C22H28N4O4/c1-4-29-12-13-30-22-24-21(17-8-10-20(28-3)11-9-17)26(25-22)19-7-5-6-18(14-19)23-15-16(2)27/h5-11,14,16,23,27H,4,12-13,15H2,1-3H3. The molecule has 1 heterocycles. The lowest BCUT2D eigenvalue weighted by molar-refractivity contribution is 0.106. The van der Waals surface area contributed by atoms with E-state index >= 15 is 0 Å². The Balaban J connectivity index is 1.92. The molecule has 0 bridgehead atoms. The summed E-state index contributed by atoms with van der Waals surface area (Å²) in [7, 11) is 1.63. The van der Waals surface area contributed by atoms with Crippen LogP contribution in [-0.4, -0.2) is 59.5 Å². The Labute approximate surface area is 176 Å². The molecule has 0 radical (unpaired) electrons. The summed E-state index contributed by atoms with van der Waals surface area (Å²) < 4.78 is 18.0. The highest BCUT2D eigenvalue weighted by atomic mass is 16.5. The van der Waals surface area contributed by atoms with Gasteiger partial charge in [0.15, 0.2) is 5.82 Å². The first-order valence-corrected chi connectivity index (χ1v) is 9.95. The van der Waals surface area contributed by atoms with Crippen LogP contribution in [0.4, 0.5) is 5.69 Å². The first-order valence-electron chi connectivity index (χ1n) is 9.95. The van der Waals surface area contributed by atoms with E-state index < -0.39 is 6.10 Å². The molecule has 0 saturated heterocycles. The van der Waals surface area contributed by atoms with Crippen molar-refractivity contribution in [2.75, 3.05) is 38.8 Å². The number of aromatic nitrogens is 3. The maximum atomic E-state index is 9.53. The molecular formula is C22H28N4O4. The number of aliphatic hydroxyl groups excluding tert-OH is 1. The Kier molecular flexibility index (Phi) is 7.64. The molecule has 0 aliphatic heterocycles. The van der Waals surface area contributed by atoms with Crippen LogP contribution in [0, 0.1) is 0 Å². The Morgan fingerprint density at radius 2 is 1.93 bits per heavy atom. The van der Waals surface area contributed by atoms with Crippen LogP contribution in [0.1, 0.15) is 13.8 Å². The molecule has 1 aromatic heterocycles. The zero-order valence-corrected chi connectivity index (χ0v) is 17.5. The third kappa shape index (κ3) is 5.71. The molecule has 1 atom stereocenters. The molecule has 0 spiro atoms. The van der Waals surface area contributed by atoms with Gasteiger partial charge >= 0.3 is 6.01 Å². The van der Waals surface area contributed by atoms with E-state index in [1.165, 1.54) is 0 Å². The van der Waals surface area contributed by atoms with Crippen molar-refractivity contribution in [3.8, 4) is 28.8 Å². The maximum Gasteiger partial charge on any atom is 0.336 e. The molecule has 30 heavy (non-hydrogen) atoms. The fourth-order valence-corrected chi connectivity index (χ4v) is 2.81. The molecular weight excluding hydrogens is 384 g/mol. The van der Waals surface area contributed by atoms with Crippen molar-refractivity contribution in [3.05, 3.63) is 48.5 Å². The fourth-order valence-electron chi connectivity index (χ4n) is 2.81. The van der Waals surface area contributed by atoms with Gasteiger partial charge in [0.25, 0.3) is 0 Å². The van der Waals surface area contributed by atoms with Crippen LogP contribution in [0.5, 0.6) is 11.8 Å². The van der Waals surface area contributed by atoms with E-state index in [0.29, 0.717) is 32.2 Å². The summed E-state index contributed by atoms with van der Waals surface area (Å²) >= 11 is 0. The molecule has 0 amide bonds. The largest absolute Gasteiger partial charge is 0.497 e. The van der Waals surface area contributed by atoms with Crippen molar-refractivity contribution < 1.29 is 19.3 Å². The molecule has 8 heteroatoms. The van der Waals surface area contributed by atoms with Crippen LogP contribution in [0.3, 0.4) is 0 Å². The zero-order chi connectivity index (χ0) is 21.3. The van der Waals surface area contributed by atoms with Gasteiger partial charge in [-0.2, -0.15) is 4.98 Å². The third-order valence-corrected chi connectivity index (χ3v) is 4.29. The van der Waals surface area contributed by atoms with Crippen LogP contribution < -0.4 is 14.8 Å². The highest BCUT2D eigenvalue weighted by molar-refractivity contribution is 5.61. The summed E-state index contributed by atoms with van der Waals surface area (Å²) in [5.41, 5.74) is 2.58. The summed E-state index contributed by atoms with van der Waals surface area (Å²) in [5, 5.41) is 17.3. The van der Waals surface area contributed by atoms with Crippen LogP contribution in [0.15, 0.2) is 48.5 Å². The third-order valence-electron chi connectivity index (χ3n) is 4.29. The Morgan fingerprint density at radius 1 is 1.13 bits per heavy atom. The minimum absolute atomic E-state index is 0.280. The van der Waals surface area contributed by atoms with E-state index in [-0.39, 0.29) is 6.01 Å². The molecule has 3 aromatic rings. The molecule has 1 unspecified atom stereocenters. The number of nitrogens with zero attached hydrogens (tertiary/aromatic N) is 3. The summed E-state index contributed by atoms with van der Waals surface area (Å²) in [4.78, 5) is 4.59. The average molecular weight is 412 g/mol. The molecule has 160 valence electrons. The molecule has 0 fully saturated rings. The van der Waals surface area contributed by atoms with Gasteiger partial charge in [0.1, 0.15) is 12.4 Å². The normalized spacial score (nSPS) is 11.9. The monoisotopic (exact) mass is 412 g/mol. The minimum atomic E-state index is -0.444. The van der Waals surface area contributed by atoms with E-state index in [9.17, 15) is 5.11 Å². The Bertz CT molecular complexity index is 925. The van der Waals surface area contributed by atoms with Gasteiger partial charge < -0.3 is 24.6 Å². The number of rotatable bonds is 11. The topological polar surface area (TPSA) is 90.7 Å². The molecule has 2 N–H and O–H groups in total. The SMILES string of the molecule is CCOCCOc1nc(-c2ccc(OC)cc2)n(-c2cccc(NCC(C)O)c2)n1. The van der Waals surface area contributed by atoms with Gasteiger partial charge in [0, 0.05) is 24.4 Å². The lowest BCUT2D eigenvalue weighted by atomic mass is 10.2. The van der Waals surface area contributed by atoms with Crippen LogP contribution in [0.2, 0.25) is 0 Å². The Morgan fingerprint density at radius 3 is 2.63 bits per heavy atom. The summed E-state index contributed by atoms with van der Waals surface area (Å²) in [6.45, 7) is 5.61. The second-order valence-corrected chi connectivity index (χ2v) is 6.68. The van der Waals surface area contributed by atoms with E-state index in [2.05, 4.69) is 15.4 Å². The minimum Gasteiger partial charge on any atom is -0.497 e. The van der Waals surface area contributed by atoms with Crippen molar-refractivity contribution in [2.24, 2.45) is 0 Å². The summed E-state index contributed by atoms with van der Waals surface area (Å²) in [5.74, 6) is 1.42. The van der Waals surface area contributed by atoms with Crippen molar-refractivity contribution in [1.29, 1.82) is 0 Å². The average Bonchev–Trinajstić information content (AvgIpc) is 3.20. The van der Waals surface area contributed by atoms with Crippen LogP contribution >= 0.6 is 0 Å². The molecule has 0 aliphatic carbocycles. The van der Waals surface area contributed by atoms with Gasteiger partial charge in [0.2, 0.25) is 0 Å². The molecule has 3 rings (SSSR count). The first-order chi connectivity index (χ1) is 14.6. The first kappa shape index (κ1) is 21.6. The summed E-state index contributed by atoms with van der Waals surface area (Å²) in [6, 6.07) is 15.7. The number of methoxy groups -OCH3 is 1. The second-order valence-electron chi connectivity index (χ2n) is 6.68. The van der Waals surface area contributed by atoms with Gasteiger partial charge in [-0.3, -0.25) is 0 Å². The second kappa shape index (κ2) is 10.6. The quantitative estimate of drug-likeness (QED) is 0.468. The van der Waals surface area contributed by atoms with E-state index in [1.807, 2.05) is 55.5 Å². The van der Waals surface area contributed by atoms with E-state index in [0.717, 1.165) is 22.7 Å². The van der Waals surface area contributed by atoms with Crippen LogP contribution in [-0.2, 0) is 4.74 Å². The molecule has 0 saturated carbocycles. The van der Waals surface area contributed by atoms with Gasteiger partial charge in [-0.25, -0.2) is 4.68 Å². The van der Waals surface area contributed by atoms with Crippen molar-refractivity contribution in [2.45, 2.75) is 20.0 Å². The smallest absolute Gasteiger partial charge is 0.336 e. The number of anilines is 1. The maximum absolute atomic E-state index is 9.53. The predicted octanol–water partition coefficient (Wildman–Crippen LogP) is 3.15. The van der Waals surface area contributed by atoms with Crippen molar-refractivity contribution in [1.82, 2.24) is 14.8 Å². The predicted molar refractivity (Wildman–Crippen MR) is 116 cm³/mol. The lowest BCUT2D eigenvalue weighted by Crippen LogP contribution is -2.15. The number of hydrogen-bond donors (Lipinski definition) is 2. The highest BCUT2D eigenvalue weighted by Gasteiger charge is 2.15. The Hall–Kier alpha value is -3.10. The molecule has 0 aliphatic rings. The van der Waals surface area contributed by atoms with E-state index in [4.69, 9.17) is 14.2 Å². The zero-order valence-electron chi connectivity index (χ0n) is 17.5. The van der Waals surface area contributed by atoms with E-state index in [1.54, 1.807) is 18.7 Å². The van der Waals surface area contributed by atoms with Crippen molar-refractivity contribution in [3.63, 3.8) is 0 Å². The van der Waals surface area contributed by atoms with Crippen LogP contribution in [0.25, 0.3) is 17.1 Å². The van der Waals surface area contributed by atoms with Gasteiger partial charge in [-0.05, 0) is 56.3 Å². The van der Waals surface area contributed by atoms with Gasteiger partial charge in [-0.15, -0.1) is 5.10 Å². The van der Waals surface area contributed by atoms with Gasteiger partial charge in [-0.1, -0.05) is 6.07 Å². The van der Waals surface area contributed by atoms with Crippen molar-refractivity contribution >= 4 is 5.69 Å². The number of ether oxygens (including phenoxy) is 3. The molecule has 8 nitrogen and oxygen atoms in total. The number of nitrogens with one attached hydrogen (secondary N) is 1. The van der Waals surface area contributed by atoms with Gasteiger partial charge in [0.05, 0.1) is 25.5 Å². The molecule has 2 aromatic carbocycles.